The summed E-state index contributed by atoms with van der Waals surface area (Å²) < 4.78 is 51.1. The molecule has 0 aromatic carbocycles. The third kappa shape index (κ3) is 5.52. The fraction of sp³-hybridized carbons (Fsp3) is 0.700. The molecule has 0 saturated carbocycles. The number of aromatic nitrogens is 5. The SMILES string of the molecule is CO[C@H](c1ncc(Cl)cn1)[C@H](C)S(=O)(=O)Cc1nnc([C@H]2COCCO2)n1C1CCOCC1. The van der Waals surface area contributed by atoms with Crippen molar-refractivity contribution in [2.75, 3.05) is 40.1 Å². The van der Waals surface area contributed by atoms with Crippen LogP contribution in [0.3, 0.4) is 0 Å². The first-order valence-corrected chi connectivity index (χ1v) is 12.9. The van der Waals surface area contributed by atoms with Crippen molar-refractivity contribution in [3.63, 3.8) is 0 Å². The number of nitrogens with zero attached hydrogens (tertiary/aromatic N) is 5. The Morgan fingerprint density at radius 1 is 1.15 bits per heavy atom. The quantitative estimate of drug-likeness (QED) is 0.528. The first kappa shape index (κ1) is 24.4. The molecule has 11 nitrogen and oxygen atoms in total. The fourth-order valence-corrected chi connectivity index (χ4v) is 5.64. The number of halogens is 1. The average molecular weight is 502 g/mol. The van der Waals surface area contributed by atoms with Crippen LogP contribution in [0.2, 0.25) is 5.02 Å². The van der Waals surface area contributed by atoms with Gasteiger partial charge in [-0.05, 0) is 19.8 Å². The smallest absolute Gasteiger partial charge is 0.164 e. The summed E-state index contributed by atoms with van der Waals surface area (Å²) in [5, 5.41) is 8.02. The van der Waals surface area contributed by atoms with Gasteiger partial charge in [-0.3, -0.25) is 0 Å². The lowest BCUT2D eigenvalue weighted by molar-refractivity contribution is -0.0957. The van der Waals surface area contributed by atoms with E-state index < -0.39 is 27.3 Å². The highest BCUT2D eigenvalue weighted by Gasteiger charge is 2.36. The molecule has 2 fully saturated rings. The van der Waals surface area contributed by atoms with E-state index in [-0.39, 0.29) is 17.6 Å². The van der Waals surface area contributed by atoms with Crippen LogP contribution in [0.15, 0.2) is 12.4 Å². The predicted molar refractivity (Wildman–Crippen MR) is 118 cm³/mol. The molecule has 4 rings (SSSR count). The molecule has 0 radical (unpaired) electrons. The summed E-state index contributed by atoms with van der Waals surface area (Å²) in [6, 6.07) is 0.0209. The fourth-order valence-electron chi connectivity index (χ4n) is 4.11. The Labute approximate surface area is 197 Å². The van der Waals surface area contributed by atoms with Crippen LogP contribution in [0.4, 0.5) is 0 Å². The molecule has 2 saturated heterocycles. The predicted octanol–water partition coefficient (Wildman–Crippen LogP) is 1.85. The Bertz CT molecular complexity index is 1020. The Morgan fingerprint density at radius 3 is 2.52 bits per heavy atom. The van der Waals surface area contributed by atoms with Crippen LogP contribution < -0.4 is 0 Å². The van der Waals surface area contributed by atoms with Crippen LogP contribution in [0.25, 0.3) is 0 Å². The summed E-state index contributed by atoms with van der Waals surface area (Å²) in [5.41, 5.74) is 0. The minimum atomic E-state index is -3.73. The van der Waals surface area contributed by atoms with E-state index in [1.54, 1.807) is 6.92 Å². The normalized spacial score (nSPS) is 22.2. The van der Waals surface area contributed by atoms with E-state index in [9.17, 15) is 8.42 Å². The molecule has 182 valence electrons. The molecular weight excluding hydrogens is 474 g/mol. The monoisotopic (exact) mass is 501 g/mol. The molecule has 0 spiro atoms. The van der Waals surface area contributed by atoms with E-state index in [2.05, 4.69) is 20.2 Å². The molecule has 0 N–H and O–H groups in total. The first-order valence-electron chi connectivity index (χ1n) is 10.8. The maximum atomic E-state index is 13.4. The van der Waals surface area contributed by atoms with Crippen LogP contribution in [-0.2, 0) is 34.5 Å². The number of hydrogen-bond acceptors (Lipinski definition) is 10. The summed E-state index contributed by atoms with van der Waals surface area (Å²) >= 11 is 5.86. The highest BCUT2D eigenvalue weighted by atomic mass is 35.5. The van der Waals surface area contributed by atoms with Gasteiger partial charge in [-0.1, -0.05) is 11.6 Å². The number of rotatable bonds is 8. The van der Waals surface area contributed by atoms with Gasteiger partial charge in [0.1, 0.15) is 23.8 Å². The maximum absolute atomic E-state index is 13.4. The van der Waals surface area contributed by atoms with Gasteiger partial charge in [0.05, 0.1) is 30.1 Å². The second kappa shape index (κ2) is 10.7. The van der Waals surface area contributed by atoms with Gasteiger partial charge in [0, 0.05) is 38.8 Å². The van der Waals surface area contributed by atoms with Crippen molar-refractivity contribution in [3.05, 3.63) is 34.9 Å². The van der Waals surface area contributed by atoms with Crippen molar-refractivity contribution in [2.45, 2.75) is 49.0 Å². The molecule has 2 aromatic heterocycles. The Balaban J connectivity index is 1.62. The van der Waals surface area contributed by atoms with Gasteiger partial charge in [-0.25, -0.2) is 18.4 Å². The molecule has 0 amide bonds. The van der Waals surface area contributed by atoms with Crippen molar-refractivity contribution in [3.8, 4) is 0 Å². The lowest BCUT2D eigenvalue weighted by Crippen LogP contribution is -2.32. The summed E-state index contributed by atoms with van der Waals surface area (Å²) in [5.74, 6) is 0.894. The summed E-state index contributed by atoms with van der Waals surface area (Å²) in [6.07, 6.45) is 3.05. The molecule has 2 aromatic rings. The van der Waals surface area contributed by atoms with Crippen molar-refractivity contribution >= 4 is 21.4 Å². The molecule has 33 heavy (non-hydrogen) atoms. The van der Waals surface area contributed by atoms with Crippen LogP contribution in [0.1, 0.15) is 55.5 Å². The minimum absolute atomic E-state index is 0.0209. The van der Waals surface area contributed by atoms with Gasteiger partial charge in [0.2, 0.25) is 0 Å². The maximum Gasteiger partial charge on any atom is 0.164 e. The van der Waals surface area contributed by atoms with Crippen LogP contribution in [0.5, 0.6) is 0 Å². The number of ether oxygens (including phenoxy) is 4. The largest absolute Gasteiger partial charge is 0.381 e. The zero-order valence-corrected chi connectivity index (χ0v) is 20.2. The second-order valence-electron chi connectivity index (χ2n) is 8.05. The van der Waals surface area contributed by atoms with Crippen molar-refractivity contribution < 1.29 is 27.4 Å². The summed E-state index contributed by atoms with van der Waals surface area (Å²) in [6.45, 7) is 4.08. The molecule has 2 aliphatic rings. The topological polar surface area (TPSA) is 128 Å². The zero-order valence-electron chi connectivity index (χ0n) is 18.6. The molecule has 4 heterocycles. The lowest BCUT2D eigenvalue weighted by Gasteiger charge is -2.29. The third-order valence-electron chi connectivity index (χ3n) is 5.92. The Kier molecular flexibility index (Phi) is 7.92. The molecule has 0 unspecified atom stereocenters. The van der Waals surface area contributed by atoms with E-state index in [0.29, 0.717) is 49.7 Å². The van der Waals surface area contributed by atoms with Gasteiger partial charge in [0.25, 0.3) is 0 Å². The third-order valence-corrected chi connectivity index (χ3v) is 8.16. The van der Waals surface area contributed by atoms with Gasteiger partial charge >= 0.3 is 0 Å². The lowest BCUT2D eigenvalue weighted by atomic mass is 10.1. The second-order valence-corrected chi connectivity index (χ2v) is 10.8. The Morgan fingerprint density at radius 2 is 1.88 bits per heavy atom. The molecule has 0 bridgehead atoms. The van der Waals surface area contributed by atoms with Gasteiger partial charge in [0.15, 0.2) is 21.5 Å². The van der Waals surface area contributed by atoms with E-state index >= 15 is 0 Å². The molecular formula is C20H28ClN5O6S. The molecule has 0 aliphatic carbocycles. The summed E-state index contributed by atoms with van der Waals surface area (Å²) in [4.78, 5) is 8.27. The highest BCUT2D eigenvalue weighted by molar-refractivity contribution is 7.91. The standard InChI is InChI=1S/C20H28ClN5O6S/c1-13(18(29-2)19-22-9-14(21)10-23-19)33(27,28)12-17-24-25-20(16-11-31-7-8-32-16)26(17)15-3-5-30-6-4-15/h9-10,13,15-16,18H,3-8,11-12H2,1-2H3/t13-,16+,18-/m0/s1. The van der Waals surface area contributed by atoms with Crippen LogP contribution in [0, 0.1) is 0 Å². The molecule has 3 atom stereocenters. The Hall–Kier alpha value is -1.70. The average Bonchev–Trinajstić information content (AvgIpc) is 3.24. The molecule has 2 aliphatic heterocycles. The van der Waals surface area contributed by atoms with Crippen molar-refractivity contribution in [2.24, 2.45) is 0 Å². The summed E-state index contributed by atoms with van der Waals surface area (Å²) in [7, 11) is -2.30. The van der Waals surface area contributed by atoms with E-state index in [1.165, 1.54) is 19.5 Å². The van der Waals surface area contributed by atoms with Gasteiger partial charge in [-0.15, -0.1) is 10.2 Å². The number of hydrogen-bond donors (Lipinski definition) is 0. The van der Waals surface area contributed by atoms with Crippen molar-refractivity contribution in [1.29, 1.82) is 0 Å². The first-order chi connectivity index (χ1) is 15.9. The molecule has 13 heteroatoms. The number of sulfone groups is 1. The minimum Gasteiger partial charge on any atom is -0.381 e. The van der Waals surface area contributed by atoms with E-state index in [1.807, 2.05) is 4.57 Å². The van der Waals surface area contributed by atoms with E-state index in [4.69, 9.17) is 30.5 Å². The zero-order chi connectivity index (χ0) is 23.4. The van der Waals surface area contributed by atoms with E-state index in [0.717, 1.165) is 12.8 Å². The van der Waals surface area contributed by atoms with Gasteiger partial charge < -0.3 is 23.5 Å². The van der Waals surface area contributed by atoms with Crippen molar-refractivity contribution in [1.82, 2.24) is 24.7 Å². The highest BCUT2D eigenvalue weighted by Crippen LogP contribution is 2.31. The van der Waals surface area contributed by atoms with Crippen LogP contribution >= 0.6 is 11.6 Å². The number of methoxy groups -OCH3 is 1. The van der Waals surface area contributed by atoms with Crippen LogP contribution in [-0.4, -0.2) is 78.5 Å². The van der Waals surface area contributed by atoms with Gasteiger partial charge in [-0.2, -0.15) is 0 Å².